The Morgan fingerprint density at radius 2 is 1.58 bits per heavy atom. The van der Waals surface area contributed by atoms with Crippen LogP contribution in [-0.4, -0.2) is 11.2 Å². The molecule has 0 aliphatic heterocycles. The molecule has 2 aromatic rings. The van der Waals surface area contributed by atoms with Gasteiger partial charge in [-0.1, -0.05) is 29.8 Å². The van der Waals surface area contributed by atoms with Gasteiger partial charge >= 0.3 is 0 Å². The molecular weight excluding hydrogens is 246 g/mol. The van der Waals surface area contributed by atoms with E-state index in [9.17, 15) is 13.9 Å². The van der Waals surface area contributed by atoms with Crippen molar-refractivity contribution in [3.05, 3.63) is 70.8 Å². The lowest BCUT2D eigenvalue weighted by atomic mass is 10.00. The van der Waals surface area contributed by atoms with E-state index in [0.717, 1.165) is 17.2 Å². The average Bonchev–Trinajstić information content (AvgIpc) is 2.26. The van der Waals surface area contributed by atoms with Crippen molar-refractivity contribution in [1.82, 2.24) is 0 Å². The third-order valence-electron chi connectivity index (χ3n) is 2.95. The Hall–Kier alpha value is -1.74. The van der Waals surface area contributed by atoms with E-state index in [1.54, 1.807) is 0 Å². The van der Waals surface area contributed by atoms with Crippen LogP contribution >= 0.6 is 0 Å². The van der Waals surface area contributed by atoms with Crippen LogP contribution in [0.4, 0.5) is 8.78 Å². The lowest BCUT2D eigenvalue weighted by Crippen LogP contribution is -2.14. The fourth-order valence-corrected chi connectivity index (χ4v) is 2.18. The number of hydrogen-bond acceptors (Lipinski definition) is 1. The van der Waals surface area contributed by atoms with Crippen molar-refractivity contribution < 1.29 is 13.9 Å². The summed E-state index contributed by atoms with van der Waals surface area (Å²) >= 11 is 0. The fraction of sp³-hybridized carbons (Fsp3) is 0.250. The van der Waals surface area contributed by atoms with Gasteiger partial charge in [-0.2, -0.15) is 0 Å². The first-order valence-electron chi connectivity index (χ1n) is 6.21. The van der Waals surface area contributed by atoms with Gasteiger partial charge in [-0.25, -0.2) is 8.78 Å². The second-order valence-corrected chi connectivity index (χ2v) is 4.83. The number of hydrogen-bond donors (Lipinski definition) is 1. The maximum atomic E-state index is 13.0. The molecule has 1 nitrogen and oxygen atoms in total. The normalized spacial score (nSPS) is 12.4. The molecule has 0 heterocycles. The highest BCUT2D eigenvalue weighted by Gasteiger charge is 2.09. The zero-order chi connectivity index (χ0) is 13.8. The van der Waals surface area contributed by atoms with Crippen molar-refractivity contribution in [3.8, 4) is 0 Å². The fourth-order valence-electron chi connectivity index (χ4n) is 2.18. The van der Waals surface area contributed by atoms with E-state index in [1.807, 2.05) is 31.2 Å². The predicted octanol–water partition coefficient (Wildman–Crippen LogP) is 3.42. The van der Waals surface area contributed by atoms with Crippen LogP contribution in [0.3, 0.4) is 0 Å². The number of benzene rings is 2. The highest BCUT2D eigenvalue weighted by molar-refractivity contribution is 5.24. The minimum Gasteiger partial charge on any atom is -0.392 e. The van der Waals surface area contributed by atoms with Gasteiger partial charge in [-0.15, -0.1) is 0 Å². The zero-order valence-corrected chi connectivity index (χ0v) is 10.7. The monoisotopic (exact) mass is 262 g/mol. The second-order valence-electron chi connectivity index (χ2n) is 4.83. The molecule has 0 aliphatic carbocycles. The number of aryl methyl sites for hydroxylation is 1. The standard InChI is InChI=1S/C16H16F2O/c1-11-3-2-4-12(5-11)8-16(19)9-13-6-14(17)10-15(18)7-13/h2-7,10,16,19H,8-9H2,1H3. The van der Waals surface area contributed by atoms with Gasteiger partial charge in [0.1, 0.15) is 11.6 Å². The maximum Gasteiger partial charge on any atom is 0.126 e. The van der Waals surface area contributed by atoms with E-state index in [0.29, 0.717) is 12.0 Å². The summed E-state index contributed by atoms with van der Waals surface area (Å²) < 4.78 is 26.1. The highest BCUT2D eigenvalue weighted by Crippen LogP contribution is 2.13. The Morgan fingerprint density at radius 1 is 0.947 bits per heavy atom. The first-order valence-corrected chi connectivity index (χ1v) is 6.21. The topological polar surface area (TPSA) is 20.2 Å². The Bertz CT molecular complexity index is 546. The van der Waals surface area contributed by atoms with Gasteiger partial charge in [0.15, 0.2) is 0 Å². The van der Waals surface area contributed by atoms with Crippen LogP contribution in [0.5, 0.6) is 0 Å². The first kappa shape index (κ1) is 13.7. The molecule has 0 radical (unpaired) electrons. The first-order chi connectivity index (χ1) is 9.02. The largest absolute Gasteiger partial charge is 0.392 e. The molecule has 2 aromatic carbocycles. The Kier molecular flexibility index (Phi) is 4.27. The van der Waals surface area contributed by atoms with Crippen molar-refractivity contribution in [2.45, 2.75) is 25.9 Å². The van der Waals surface area contributed by atoms with Gasteiger partial charge in [0, 0.05) is 6.07 Å². The highest BCUT2D eigenvalue weighted by atomic mass is 19.1. The van der Waals surface area contributed by atoms with E-state index in [4.69, 9.17) is 0 Å². The van der Waals surface area contributed by atoms with Gasteiger partial charge < -0.3 is 5.11 Å². The maximum absolute atomic E-state index is 13.0. The molecular formula is C16H16F2O. The van der Waals surface area contributed by atoms with Crippen LogP contribution < -0.4 is 0 Å². The van der Waals surface area contributed by atoms with Crippen LogP contribution in [0.25, 0.3) is 0 Å². The lowest BCUT2D eigenvalue weighted by Gasteiger charge is -2.11. The van der Waals surface area contributed by atoms with Crippen LogP contribution in [0.15, 0.2) is 42.5 Å². The zero-order valence-electron chi connectivity index (χ0n) is 10.7. The second kappa shape index (κ2) is 5.93. The molecule has 19 heavy (non-hydrogen) atoms. The molecule has 0 aromatic heterocycles. The molecule has 0 saturated heterocycles. The summed E-state index contributed by atoms with van der Waals surface area (Å²) in [6.07, 6.45) is 0.0607. The van der Waals surface area contributed by atoms with Crippen molar-refractivity contribution in [3.63, 3.8) is 0 Å². The summed E-state index contributed by atoms with van der Waals surface area (Å²) in [5.74, 6) is -1.23. The van der Waals surface area contributed by atoms with E-state index in [1.165, 1.54) is 12.1 Å². The molecule has 0 saturated carbocycles. The molecule has 0 amide bonds. The van der Waals surface area contributed by atoms with Crippen molar-refractivity contribution in [2.24, 2.45) is 0 Å². The molecule has 0 bridgehead atoms. The molecule has 1 atom stereocenters. The molecule has 0 spiro atoms. The van der Waals surface area contributed by atoms with Crippen molar-refractivity contribution in [1.29, 1.82) is 0 Å². The molecule has 100 valence electrons. The predicted molar refractivity (Wildman–Crippen MR) is 71.0 cm³/mol. The van der Waals surface area contributed by atoms with Crippen molar-refractivity contribution >= 4 is 0 Å². The van der Waals surface area contributed by atoms with Gasteiger partial charge in [0.05, 0.1) is 6.10 Å². The van der Waals surface area contributed by atoms with Crippen LogP contribution in [0.1, 0.15) is 16.7 Å². The lowest BCUT2D eigenvalue weighted by molar-refractivity contribution is 0.175. The molecule has 0 fully saturated rings. The minimum absolute atomic E-state index is 0.239. The number of halogens is 2. The molecule has 1 N–H and O–H groups in total. The summed E-state index contributed by atoms with van der Waals surface area (Å²) in [6, 6.07) is 11.2. The van der Waals surface area contributed by atoms with E-state index >= 15 is 0 Å². The average molecular weight is 262 g/mol. The van der Waals surface area contributed by atoms with Gasteiger partial charge in [0.25, 0.3) is 0 Å². The summed E-state index contributed by atoms with van der Waals surface area (Å²) in [4.78, 5) is 0. The quantitative estimate of drug-likeness (QED) is 0.895. The van der Waals surface area contributed by atoms with Gasteiger partial charge in [-0.05, 0) is 43.0 Å². The van der Waals surface area contributed by atoms with Crippen LogP contribution in [0.2, 0.25) is 0 Å². The smallest absolute Gasteiger partial charge is 0.126 e. The Balaban J connectivity index is 2.03. The Morgan fingerprint density at radius 3 is 2.21 bits per heavy atom. The van der Waals surface area contributed by atoms with Crippen LogP contribution in [-0.2, 0) is 12.8 Å². The third kappa shape index (κ3) is 4.14. The van der Waals surface area contributed by atoms with Gasteiger partial charge in [0.2, 0.25) is 0 Å². The minimum atomic E-state index is -0.650. The van der Waals surface area contributed by atoms with E-state index in [2.05, 4.69) is 0 Å². The number of aliphatic hydroxyl groups is 1. The Labute approximate surface area is 111 Å². The van der Waals surface area contributed by atoms with Crippen molar-refractivity contribution in [2.75, 3.05) is 0 Å². The number of rotatable bonds is 4. The summed E-state index contributed by atoms with van der Waals surface area (Å²) in [7, 11) is 0. The summed E-state index contributed by atoms with van der Waals surface area (Å²) in [5.41, 5.74) is 2.61. The molecule has 1 unspecified atom stereocenters. The molecule has 0 aliphatic rings. The molecule has 2 rings (SSSR count). The third-order valence-corrected chi connectivity index (χ3v) is 2.95. The van der Waals surface area contributed by atoms with E-state index in [-0.39, 0.29) is 6.42 Å². The number of aliphatic hydroxyl groups excluding tert-OH is 1. The SMILES string of the molecule is Cc1cccc(CC(O)Cc2cc(F)cc(F)c2)c1. The summed E-state index contributed by atoms with van der Waals surface area (Å²) in [6.45, 7) is 1.98. The summed E-state index contributed by atoms with van der Waals surface area (Å²) in [5, 5.41) is 9.98. The van der Waals surface area contributed by atoms with Gasteiger partial charge in [-0.3, -0.25) is 0 Å². The van der Waals surface area contributed by atoms with Crippen LogP contribution in [0, 0.1) is 18.6 Å². The molecule has 3 heteroatoms. The van der Waals surface area contributed by atoms with E-state index < -0.39 is 17.7 Å².